The molecule has 1 aliphatic rings. The van der Waals surface area contributed by atoms with Gasteiger partial charge in [0.1, 0.15) is 17.7 Å². The number of morpholine rings is 1. The molecule has 1 fully saturated rings. The number of hydrogen-bond donors (Lipinski definition) is 1. The van der Waals surface area contributed by atoms with Gasteiger partial charge in [0.2, 0.25) is 0 Å². The van der Waals surface area contributed by atoms with Crippen molar-refractivity contribution in [2.75, 3.05) is 51.5 Å². The predicted octanol–water partition coefficient (Wildman–Crippen LogP) is 6.26. The van der Waals surface area contributed by atoms with Crippen LogP contribution in [0.3, 0.4) is 0 Å². The van der Waals surface area contributed by atoms with E-state index in [-0.39, 0.29) is 24.3 Å². The lowest BCUT2D eigenvalue weighted by molar-refractivity contribution is -0.156. The molecule has 4 aromatic rings. The minimum atomic E-state index is -1.33. The molecule has 2 heterocycles. The minimum absolute atomic E-state index is 0.272. The molecule has 1 amide bonds. The highest BCUT2D eigenvalue weighted by atomic mass is 32.2. The summed E-state index contributed by atoms with van der Waals surface area (Å²) in [5, 5.41) is 3.20. The largest absolute Gasteiger partial charge is 0.461 e. The number of hydrogen-bond acceptors (Lipinski definition) is 8. The molecule has 0 bridgehead atoms. The van der Waals surface area contributed by atoms with Crippen molar-refractivity contribution >= 4 is 23.6 Å². The molecule has 9 nitrogen and oxygen atoms in total. The van der Waals surface area contributed by atoms with Crippen LogP contribution in [-0.4, -0.2) is 89.4 Å². The third-order valence-electron chi connectivity index (χ3n) is 9.06. The highest BCUT2D eigenvalue weighted by Crippen LogP contribution is 2.30. The first kappa shape index (κ1) is 39.1. The predicted molar refractivity (Wildman–Crippen MR) is 198 cm³/mol. The topological polar surface area (TPSA) is 94.9 Å². The second-order valence-electron chi connectivity index (χ2n) is 13.3. The number of rotatable bonds is 18. The molecule has 0 radical (unpaired) electrons. The van der Waals surface area contributed by atoms with E-state index in [4.69, 9.17) is 14.2 Å². The minimum Gasteiger partial charge on any atom is -0.461 e. The molecule has 0 saturated carbocycles. The summed E-state index contributed by atoms with van der Waals surface area (Å²) in [5.41, 5.74) is 2.15. The number of nitrogens with one attached hydrogen (secondary N) is 1. The van der Waals surface area contributed by atoms with Gasteiger partial charge in [0.25, 0.3) is 5.91 Å². The first-order valence-electron chi connectivity index (χ1n) is 17.7. The number of halogens is 2. The molecule has 1 unspecified atom stereocenters. The van der Waals surface area contributed by atoms with E-state index in [1.54, 1.807) is 62.4 Å². The van der Waals surface area contributed by atoms with Gasteiger partial charge in [0, 0.05) is 44.1 Å². The van der Waals surface area contributed by atoms with Crippen LogP contribution in [-0.2, 0) is 38.4 Å². The Morgan fingerprint density at radius 1 is 0.981 bits per heavy atom. The van der Waals surface area contributed by atoms with Gasteiger partial charge in [-0.05, 0) is 97.7 Å². The molecule has 3 aromatic carbocycles. The van der Waals surface area contributed by atoms with Gasteiger partial charge < -0.3 is 24.1 Å². The molecule has 1 saturated heterocycles. The van der Waals surface area contributed by atoms with E-state index in [0.717, 1.165) is 16.7 Å². The average molecular weight is 735 g/mol. The Morgan fingerprint density at radius 3 is 2.33 bits per heavy atom. The molecule has 0 aliphatic carbocycles. The van der Waals surface area contributed by atoms with Crippen LogP contribution in [0.4, 0.5) is 8.78 Å². The summed E-state index contributed by atoms with van der Waals surface area (Å²) >= 11 is 1.59. The summed E-state index contributed by atoms with van der Waals surface area (Å²) in [4.78, 5) is 35.0. The van der Waals surface area contributed by atoms with Crippen molar-refractivity contribution in [2.45, 2.75) is 57.4 Å². The van der Waals surface area contributed by atoms with Gasteiger partial charge in [-0.15, -0.1) is 0 Å². The number of nitrogens with zero attached hydrogens (tertiary/aromatic N) is 3. The zero-order valence-electron chi connectivity index (χ0n) is 30.1. The fourth-order valence-corrected chi connectivity index (χ4v) is 6.81. The summed E-state index contributed by atoms with van der Waals surface area (Å²) in [7, 11) is 0. The van der Waals surface area contributed by atoms with Crippen LogP contribution in [0, 0.1) is 11.6 Å². The SMILES string of the molecule is CSCC[C@](CN1CCOCC1)(NC(=O)c1cc(C(OCCn2ccnc2)c2ccc(F)cc2)ccc1CCc1ccc(F)cc1)C(=O)OC(C)C. The van der Waals surface area contributed by atoms with Crippen LogP contribution < -0.4 is 5.32 Å². The molecular formula is C40H48F2N4O5S. The number of thioether (sulfide) groups is 1. The highest BCUT2D eigenvalue weighted by molar-refractivity contribution is 7.98. The van der Waals surface area contributed by atoms with Crippen molar-refractivity contribution in [2.24, 2.45) is 0 Å². The van der Waals surface area contributed by atoms with Crippen molar-refractivity contribution in [1.82, 2.24) is 19.8 Å². The van der Waals surface area contributed by atoms with Gasteiger partial charge in [0.15, 0.2) is 5.54 Å². The Bertz CT molecular complexity index is 1720. The maximum atomic E-state index is 14.7. The summed E-state index contributed by atoms with van der Waals surface area (Å²) < 4.78 is 47.5. The van der Waals surface area contributed by atoms with Gasteiger partial charge in [-0.1, -0.05) is 36.4 Å². The van der Waals surface area contributed by atoms with Crippen molar-refractivity contribution in [1.29, 1.82) is 0 Å². The number of ether oxygens (including phenoxy) is 3. The lowest BCUT2D eigenvalue weighted by Gasteiger charge is -2.39. The standard InChI is InChI=1S/C40H48F2N4O5S/c1-29(2)51-39(48)40(16-25-52-3,27-45-19-22-49-23-20-45)44-38(47)36-26-33(9-8-31(36)7-4-30-5-12-34(41)13-6-30)37(32-10-14-35(42)15-11-32)50-24-21-46-18-17-43-28-46/h5-6,8-15,17-18,26,28-29,37H,4,7,16,19-25,27H2,1-3H3,(H,44,47)/t37?,40-/m1/s1. The van der Waals surface area contributed by atoms with Crippen molar-refractivity contribution < 1.29 is 32.6 Å². The highest BCUT2D eigenvalue weighted by Gasteiger charge is 2.44. The third kappa shape index (κ3) is 11.0. The number of aromatic nitrogens is 2. The summed E-state index contributed by atoms with van der Waals surface area (Å²) in [6, 6.07) is 18.1. The van der Waals surface area contributed by atoms with Gasteiger partial charge in [-0.25, -0.2) is 18.6 Å². The Kier molecular flexibility index (Phi) is 14.4. The fourth-order valence-electron chi connectivity index (χ4n) is 6.26. The van der Waals surface area contributed by atoms with E-state index in [9.17, 15) is 18.4 Å². The molecule has 278 valence electrons. The monoisotopic (exact) mass is 734 g/mol. The van der Waals surface area contributed by atoms with Crippen molar-refractivity contribution in [3.05, 3.63) is 125 Å². The number of carbonyl (C=O) groups excluding carboxylic acids is 2. The molecule has 0 spiro atoms. The van der Waals surface area contributed by atoms with E-state index in [1.165, 1.54) is 24.3 Å². The molecular weight excluding hydrogens is 687 g/mol. The van der Waals surface area contributed by atoms with Gasteiger partial charge in [-0.3, -0.25) is 9.69 Å². The van der Waals surface area contributed by atoms with E-state index < -0.39 is 23.5 Å². The third-order valence-corrected chi connectivity index (χ3v) is 9.67. The van der Waals surface area contributed by atoms with Gasteiger partial charge >= 0.3 is 5.97 Å². The molecule has 12 heteroatoms. The maximum absolute atomic E-state index is 14.7. The van der Waals surface area contributed by atoms with Crippen molar-refractivity contribution in [3.63, 3.8) is 0 Å². The normalized spacial score (nSPS) is 15.3. The average Bonchev–Trinajstić information content (AvgIpc) is 3.66. The second kappa shape index (κ2) is 19.1. The van der Waals surface area contributed by atoms with Crippen LogP contribution in [0.1, 0.15) is 59.0 Å². The number of esters is 1. The summed E-state index contributed by atoms with van der Waals surface area (Å²) in [6.45, 7) is 7.05. The van der Waals surface area contributed by atoms with Crippen LogP contribution in [0.2, 0.25) is 0 Å². The number of aryl methyl sites for hydroxylation is 2. The first-order chi connectivity index (χ1) is 25.2. The van der Waals surface area contributed by atoms with Crippen LogP contribution in [0.5, 0.6) is 0 Å². The molecule has 1 aliphatic heterocycles. The van der Waals surface area contributed by atoms with E-state index in [2.05, 4.69) is 15.2 Å². The van der Waals surface area contributed by atoms with E-state index in [1.807, 2.05) is 35.2 Å². The zero-order valence-corrected chi connectivity index (χ0v) is 30.9. The molecule has 52 heavy (non-hydrogen) atoms. The van der Waals surface area contributed by atoms with E-state index >= 15 is 0 Å². The number of carbonyl (C=O) groups is 2. The van der Waals surface area contributed by atoms with Gasteiger partial charge in [-0.2, -0.15) is 11.8 Å². The van der Waals surface area contributed by atoms with Crippen LogP contribution in [0.15, 0.2) is 85.5 Å². The van der Waals surface area contributed by atoms with Crippen LogP contribution >= 0.6 is 11.8 Å². The molecule has 2 atom stereocenters. The van der Waals surface area contributed by atoms with Crippen molar-refractivity contribution in [3.8, 4) is 0 Å². The quantitative estimate of drug-likeness (QED) is 0.120. The maximum Gasteiger partial charge on any atom is 0.333 e. The smallest absolute Gasteiger partial charge is 0.333 e. The van der Waals surface area contributed by atoms with Crippen LogP contribution in [0.25, 0.3) is 0 Å². The molecule has 1 aromatic heterocycles. The molecule has 1 N–H and O–H groups in total. The lowest BCUT2D eigenvalue weighted by Crippen LogP contribution is -2.63. The Morgan fingerprint density at radius 2 is 1.67 bits per heavy atom. The first-order valence-corrected chi connectivity index (χ1v) is 19.1. The summed E-state index contributed by atoms with van der Waals surface area (Å²) in [6.07, 6.45) is 7.62. The Labute approximate surface area is 309 Å². The Balaban J connectivity index is 1.53. The summed E-state index contributed by atoms with van der Waals surface area (Å²) in [5.74, 6) is -0.961. The van der Waals surface area contributed by atoms with Gasteiger partial charge in [0.05, 0.1) is 32.3 Å². The fraction of sp³-hybridized carbons (Fsp3) is 0.425. The second-order valence-corrected chi connectivity index (χ2v) is 14.3. The number of benzene rings is 3. The Hall–Kier alpha value is -4.10. The van der Waals surface area contributed by atoms with E-state index in [0.29, 0.717) is 75.6 Å². The zero-order chi connectivity index (χ0) is 36.9. The number of imidazole rings is 1. The number of amides is 1. The molecule has 5 rings (SSSR count). The lowest BCUT2D eigenvalue weighted by atomic mass is 9.91.